The zero-order valence-electron chi connectivity index (χ0n) is 19.9. The summed E-state index contributed by atoms with van der Waals surface area (Å²) >= 11 is 0. The highest BCUT2D eigenvalue weighted by atomic mass is 19.1. The Hall–Kier alpha value is -3.26. The number of nitrogens with one attached hydrogen (secondary N) is 1. The van der Waals surface area contributed by atoms with Gasteiger partial charge in [0.25, 0.3) is 0 Å². The highest BCUT2D eigenvalue weighted by Gasteiger charge is 2.68. The van der Waals surface area contributed by atoms with Crippen LogP contribution in [0, 0.1) is 17.7 Å². The normalized spacial score (nSPS) is 26.0. The average molecular weight is 468 g/mol. The molecule has 2 aliphatic heterocycles. The molecule has 0 aliphatic carbocycles. The van der Waals surface area contributed by atoms with Gasteiger partial charge in [0.1, 0.15) is 11.4 Å². The van der Waals surface area contributed by atoms with E-state index in [1.807, 2.05) is 50.2 Å². The zero-order valence-corrected chi connectivity index (χ0v) is 19.9. The molecule has 1 N–H and O–H groups in total. The number of halogens is 1. The second kappa shape index (κ2) is 9.18. The Balaban J connectivity index is 1.83. The number of rotatable bonds is 7. The average Bonchev–Trinajstić information content (AvgIpc) is 3.29. The van der Waals surface area contributed by atoms with Crippen molar-refractivity contribution in [3.63, 3.8) is 0 Å². The molecular formula is C26H30FN3O4. The third-order valence-corrected chi connectivity index (χ3v) is 6.79. The second-order valence-corrected chi connectivity index (χ2v) is 9.04. The van der Waals surface area contributed by atoms with Crippen molar-refractivity contribution in [2.45, 2.75) is 38.3 Å². The van der Waals surface area contributed by atoms with Gasteiger partial charge in [-0.1, -0.05) is 25.5 Å². The molecule has 0 spiro atoms. The molecule has 2 aliphatic rings. The lowest BCUT2D eigenvalue weighted by Gasteiger charge is -2.32. The summed E-state index contributed by atoms with van der Waals surface area (Å²) in [6, 6.07) is 12.4. The fourth-order valence-electron chi connectivity index (χ4n) is 5.29. The Morgan fingerprint density at radius 1 is 1.06 bits per heavy atom. The first kappa shape index (κ1) is 23.9. The number of hydrogen-bond donors (Lipinski definition) is 1. The van der Waals surface area contributed by atoms with Gasteiger partial charge in [-0.25, -0.2) is 9.29 Å². The lowest BCUT2D eigenvalue weighted by molar-refractivity contribution is -0.155. The zero-order chi connectivity index (χ0) is 24.6. The molecule has 0 unspecified atom stereocenters. The van der Waals surface area contributed by atoms with Crippen LogP contribution in [0.2, 0.25) is 0 Å². The molecule has 2 amide bonds. The van der Waals surface area contributed by atoms with Gasteiger partial charge >= 0.3 is 5.97 Å². The molecule has 4 atom stereocenters. The van der Waals surface area contributed by atoms with Crippen LogP contribution in [0.15, 0.2) is 48.5 Å². The first-order chi connectivity index (χ1) is 16.2. The van der Waals surface area contributed by atoms with Crippen molar-refractivity contribution < 1.29 is 23.5 Å². The number of ether oxygens (including phenoxy) is 1. The SMILES string of the molecule is CCC[C@]1(C(=O)OCC)N[C@H](c2ccc(N(C)C)cc2)[C@@H]2C(=O)N(c3ccc(F)cc3)C(=O)[C@@H]21. The second-order valence-electron chi connectivity index (χ2n) is 9.04. The van der Waals surface area contributed by atoms with Crippen molar-refractivity contribution in [3.8, 4) is 0 Å². The van der Waals surface area contributed by atoms with E-state index >= 15 is 0 Å². The van der Waals surface area contributed by atoms with Crippen molar-refractivity contribution >= 4 is 29.2 Å². The molecule has 2 aromatic rings. The van der Waals surface area contributed by atoms with Crippen LogP contribution >= 0.6 is 0 Å². The number of esters is 1. The topological polar surface area (TPSA) is 79.0 Å². The Labute approximate surface area is 198 Å². The van der Waals surface area contributed by atoms with Gasteiger partial charge in [0.15, 0.2) is 0 Å². The van der Waals surface area contributed by atoms with Crippen molar-refractivity contribution in [1.29, 1.82) is 0 Å². The third kappa shape index (κ3) is 3.76. The van der Waals surface area contributed by atoms with Crippen LogP contribution in [-0.4, -0.2) is 44.0 Å². The molecule has 0 aromatic heterocycles. The Morgan fingerprint density at radius 3 is 2.26 bits per heavy atom. The van der Waals surface area contributed by atoms with Gasteiger partial charge in [0.05, 0.1) is 24.1 Å². The fourth-order valence-corrected chi connectivity index (χ4v) is 5.29. The van der Waals surface area contributed by atoms with Gasteiger partial charge in [0, 0.05) is 25.8 Å². The van der Waals surface area contributed by atoms with Gasteiger partial charge in [-0.05, 0) is 55.3 Å². The first-order valence-electron chi connectivity index (χ1n) is 11.6. The number of carbonyl (C=O) groups excluding carboxylic acids is 3. The Morgan fingerprint density at radius 2 is 1.71 bits per heavy atom. The summed E-state index contributed by atoms with van der Waals surface area (Å²) in [6.45, 7) is 3.80. The summed E-state index contributed by atoms with van der Waals surface area (Å²) in [5.41, 5.74) is 0.763. The lowest BCUT2D eigenvalue weighted by Crippen LogP contribution is -2.56. The van der Waals surface area contributed by atoms with Gasteiger partial charge < -0.3 is 9.64 Å². The maximum absolute atomic E-state index is 13.8. The smallest absolute Gasteiger partial charge is 0.327 e. The van der Waals surface area contributed by atoms with Crippen LogP contribution in [0.4, 0.5) is 15.8 Å². The summed E-state index contributed by atoms with van der Waals surface area (Å²) in [4.78, 5) is 43.9. The summed E-state index contributed by atoms with van der Waals surface area (Å²) in [6.07, 6.45) is 0.953. The number of amides is 2. The highest BCUT2D eigenvalue weighted by molar-refractivity contribution is 6.24. The standard InChI is InChI=1S/C26H30FN3O4/c1-5-15-26(25(33)34-6-2)21-20(22(28-26)16-7-11-18(12-8-16)29(3)4)23(31)30(24(21)32)19-13-9-17(27)10-14-19/h7-14,20-22,28H,5-6,15H2,1-4H3/t20-,21-,22-,26+/m1/s1. The van der Waals surface area contributed by atoms with Crippen molar-refractivity contribution in [3.05, 3.63) is 59.9 Å². The van der Waals surface area contributed by atoms with Crippen LogP contribution < -0.4 is 15.1 Å². The van der Waals surface area contributed by atoms with E-state index in [1.165, 1.54) is 24.3 Å². The quantitative estimate of drug-likeness (QED) is 0.497. The number of anilines is 2. The predicted octanol–water partition coefficient (Wildman–Crippen LogP) is 3.44. The van der Waals surface area contributed by atoms with Gasteiger partial charge in [-0.15, -0.1) is 0 Å². The van der Waals surface area contributed by atoms with E-state index in [2.05, 4.69) is 5.32 Å². The molecule has 2 aromatic carbocycles. The van der Waals surface area contributed by atoms with Crippen LogP contribution in [0.5, 0.6) is 0 Å². The van der Waals surface area contributed by atoms with E-state index in [-0.39, 0.29) is 6.61 Å². The van der Waals surface area contributed by atoms with E-state index in [4.69, 9.17) is 4.74 Å². The predicted molar refractivity (Wildman–Crippen MR) is 127 cm³/mol. The van der Waals surface area contributed by atoms with Crippen molar-refractivity contribution in [2.75, 3.05) is 30.5 Å². The van der Waals surface area contributed by atoms with Crippen LogP contribution in [0.25, 0.3) is 0 Å². The maximum Gasteiger partial charge on any atom is 0.327 e. The number of benzene rings is 2. The number of imide groups is 1. The monoisotopic (exact) mass is 467 g/mol. The molecule has 2 heterocycles. The fraction of sp³-hybridized carbons (Fsp3) is 0.423. The van der Waals surface area contributed by atoms with Crippen LogP contribution in [0.1, 0.15) is 38.3 Å². The number of hydrogen-bond acceptors (Lipinski definition) is 6. The van der Waals surface area contributed by atoms with Gasteiger partial charge in [-0.3, -0.25) is 19.7 Å². The number of fused-ring (bicyclic) bond motifs is 1. The van der Waals surface area contributed by atoms with E-state index < -0.39 is 47.0 Å². The lowest BCUT2D eigenvalue weighted by atomic mass is 9.77. The number of carbonyl (C=O) groups is 3. The molecule has 0 radical (unpaired) electrons. The minimum atomic E-state index is -1.33. The molecule has 8 heteroatoms. The molecule has 34 heavy (non-hydrogen) atoms. The molecule has 7 nitrogen and oxygen atoms in total. The van der Waals surface area contributed by atoms with E-state index in [9.17, 15) is 18.8 Å². The van der Waals surface area contributed by atoms with Crippen molar-refractivity contribution in [1.82, 2.24) is 5.32 Å². The van der Waals surface area contributed by atoms with E-state index in [0.717, 1.165) is 16.2 Å². The molecule has 4 rings (SSSR count). The molecule has 0 bridgehead atoms. The number of nitrogens with zero attached hydrogens (tertiary/aromatic N) is 2. The summed E-state index contributed by atoms with van der Waals surface area (Å²) in [7, 11) is 3.87. The van der Waals surface area contributed by atoms with Crippen molar-refractivity contribution in [2.24, 2.45) is 11.8 Å². The van der Waals surface area contributed by atoms with Crippen LogP contribution in [0.3, 0.4) is 0 Å². The van der Waals surface area contributed by atoms with Gasteiger partial charge in [0.2, 0.25) is 11.8 Å². The largest absolute Gasteiger partial charge is 0.465 e. The van der Waals surface area contributed by atoms with Gasteiger partial charge in [-0.2, -0.15) is 0 Å². The third-order valence-electron chi connectivity index (χ3n) is 6.79. The first-order valence-corrected chi connectivity index (χ1v) is 11.6. The summed E-state index contributed by atoms with van der Waals surface area (Å²) in [5.74, 6) is -3.58. The minimum Gasteiger partial charge on any atom is -0.465 e. The van der Waals surface area contributed by atoms with E-state index in [0.29, 0.717) is 18.5 Å². The Kier molecular flexibility index (Phi) is 6.45. The molecule has 2 saturated heterocycles. The van der Waals surface area contributed by atoms with Crippen LogP contribution in [-0.2, 0) is 19.1 Å². The Bertz CT molecular complexity index is 1090. The minimum absolute atomic E-state index is 0.162. The van der Waals surface area contributed by atoms with E-state index in [1.54, 1.807) is 6.92 Å². The molecular weight excluding hydrogens is 437 g/mol. The molecule has 180 valence electrons. The molecule has 0 saturated carbocycles. The maximum atomic E-state index is 13.8. The molecule has 2 fully saturated rings. The summed E-state index contributed by atoms with van der Waals surface area (Å²) < 4.78 is 18.9. The highest BCUT2D eigenvalue weighted by Crippen LogP contribution is 2.51. The summed E-state index contributed by atoms with van der Waals surface area (Å²) in [5, 5.41) is 3.38.